The second kappa shape index (κ2) is 27.7. The zero-order valence-corrected chi connectivity index (χ0v) is 38.9. The molecule has 5 rings (SSSR count). The molecule has 5 N–H and O–H groups in total. The Bertz CT molecular complexity index is 2380. The number of pyridine rings is 4. The van der Waals surface area contributed by atoms with Gasteiger partial charge in [-0.3, -0.25) is 43.6 Å². The summed E-state index contributed by atoms with van der Waals surface area (Å²) in [5.41, 5.74) is 0.0274. The summed E-state index contributed by atoms with van der Waals surface area (Å²) in [7, 11) is 0. The van der Waals surface area contributed by atoms with E-state index in [2.05, 4.69) is 23.7 Å². The van der Waals surface area contributed by atoms with Gasteiger partial charge in [0.1, 0.15) is 0 Å². The number of rotatable bonds is 24. The molecule has 5 heterocycles. The van der Waals surface area contributed by atoms with Crippen molar-refractivity contribution >= 4 is 5.91 Å². The molecule has 0 bridgehead atoms. The molecule has 1 atom stereocenters. The van der Waals surface area contributed by atoms with E-state index in [1.807, 2.05) is 14.7 Å². The molecule has 0 aliphatic carbocycles. The molecular formula is C47H67N9O12. The molecule has 21 heteroatoms. The topological polar surface area (TPSA) is 239 Å². The fraction of sp³-hybridized carbons (Fsp3) is 0.511. The van der Waals surface area contributed by atoms with E-state index in [1.54, 1.807) is 48.5 Å². The predicted octanol–water partition coefficient (Wildman–Crippen LogP) is 1.45. The highest BCUT2D eigenvalue weighted by Gasteiger charge is 2.28. The summed E-state index contributed by atoms with van der Waals surface area (Å²) in [6, 6.07) is 17.1. The van der Waals surface area contributed by atoms with E-state index in [1.165, 1.54) is 24.3 Å². The number of amides is 1. The van der Waals surface area contributed by atoms with Crippen LogP contribution in [0.25, 0.3) is 0 Å². The fourth-order valence-electron chi connectivity index (χ4n) is 7.78. The number of aromatic nitrogens is 4. The van der Waals surface area contributed by atoms with Crippen molar-refractivity contribution in [1.29, 1.82) is 0 Å². The van der Waals surface area contributed by atoms with Crippen LogP contribution >= 0.6 is 0 Å². The van der Waals surface area contributed by atoms with Gasteiger partial charge in [0.25, 0.3) is 22.2 Å². The monoisotopic (exact) mass is 949 g/mol. The molecule has 0 saturated carbocycles. The van der Waals surface area contributed by atoms with Crippen molar-refractivity contribution in [3.8, 4) is 0 Å². The molecule has 0 spiro atoms. The van der Waals surface area contributed by atoms with E-state index < -0.39 is 28.3 Å². The van der Waals surface area contributed by atoms with Crippen LogP contribution in [-0.4, -0.2) is 164 Å². The number of ether oxygens (including phenoxy) is 3. The maximum atomic E-state index is 13.4. The average molecular weight is 950 g/mol. The van der Waals surface area contributed by atoms with Crippen LogP contribution < -0.4 is 27.6 Å². The first-order chi connectivity index (χ1) is 32.8. The highest BCUT2D eigenvalue weighted by Crippen LogP contribution is 2.26. The lowest BCUT2D eigenvalue weighted by Gasteiger charge is -2.37. The van der Waals surface area contributed by atoms with Crippen molar-refractivity contribution in [2.75, 3.05) is 98.5 Å². The Labute approximate surface area is 394 Å². The van der Waals surface area contributed by atoms with Crippen LogP contribution in [0.15, 0.2) is 104 Å². The lowest BCUT2D eigenvalue weighted by atomic mass is 10.0. The van der Waals surface area contributed by atoms with Crippen LogP contribution in [0.1, 0.15) is 61.4 Å². The minimum absolute atomic E-state index is 0.0262. The maximum Gasteiger partial charge on any atom is 0.283 e. The Morgan fingerprint density at radius 2 is 0.956 bits per heavy atom. The number of nitrogens with one attached hydrogen (secondary N) is 1. The minimum Gasteiger partial charge on any atom is -0.425 e. The molecule has 0 aromatic carbocycles. The van der Waals surface area contributed by atoms with Crippen LogP contribution in [0.3, 0.4) is 0 Å². The first kappa shape index (κ1) is 52.9. The lowest BCUT2D eigenvalue weighted by molar-refractivity contribution is -0.121. The standard InChI is InChI=1S/C47H67N9O12/c1-3-37(2)18-28-66-30-32-68-33-31-67-29-19-48-43(57)17-16-41(42-11-7-15-47(61)56(42)65)52-26-24-50(35-39-9-5-13-45(59)54(39)63)22-20-49(34-38-8-4-12-44(58)53(38)62)21-23-51(25-27-52)36-40-10-6-14-46(60)55(40)64/h4-15,41,62-65H,2-3,16-36H2,1H3,(H,48,57). The van der Waals surface area contributed by atoms with Crippen molar-refractivity contribution in [1.82, 2.24) is 43.8 Å². The third-order valence-electron chi connectivity index (χ3n) is 11.9. The molecule has 21 nitrogen and oxygen atoms in total. The van der Waals surface area contributed by atoms with Crippen LogP contribution in [0, 0.1) is 0 Å². The number of carbonyl (C=O) groups is 1. The van der Waals surface area contributed by atoms with Gasteiger partial charge in [0.05, 0.1) is 68.5 Å². The second-order valence-corrected chi connectivity index (χ2v) is 16.6. The molecule has 68 heavy (non-hydrogen) atoms. The maximum absolute atomic E-state index is 13.4. The van der Waals surface area contributed by atoms with E-state index in [0.29, 0.717) is 121 Å². The van der Waals surface area contributed by atoms with Crippen LogP contribution in [-0.2, 0) is 38.6 Å². The number of hydrogen-bond acceptors (Lipinski definition) is 16. The minimum atomic E-state index is -0.675. The Morgan fingerprint density at radius 3 is 1.41 bits per heavy atom. The van der Waals surface area contributed by atoms with E-state index in [-0.39, 0.29) is 57.2 Å². The van der Waals surface area contributed by atoms with Gasteiger partial charge in [-0.05, 0) is 43.5 Å². The largest absolute Gasteiger partial charge is 0.425 e. The van der Waals surface area contributed by atoms with Gasteiger partial charge in [-0.15, -0.1) is 0 Å². The Kier molecular flexibility index (Phi) is 21.5. The Hall–Kier alpha value is -6.07. The molecule has 1 aliphatic heterocycles. The zero-order valence-electron chi connectivity index (χ0n) is 38.9. The predicted molar refractivity (Wildman–Crippen MR) is 250 cm³/mol. The molecule has 1 unspecified atom stereocenters. The van der Waals surface area contributed by atoms with Crippen molar-refractivity contribution in [2.45, 2.75) is 58.3 Å². The Balaban J connectivity index is 1.33. The summed E-state index contributed by atoms with van der Waals surface area (Å²) >= 11 is 0. The Morgan fingerprint density at radius 1 is 0.559 bits per heavy atom. The summed E-state index contributed by atoms with van der Waals surface area (Å²) in [6.45, 7) is 12.2. The molecule has 1 saturated heterocycles. The molecule has 1 aliphatic rings. The number of hydrogen-bond donors (Lipinski definition) is 5. The van der Waals surface area contributed by atoms with Crippen molar-refractivity contribution < 1.29 is 39.8 Å². The highest BCUT2D eigenvalue weighted by atomic mass is 16.5. The summed E-state index contributed by atoms with van der Waals surface area (Å²) in [5.74, 6) is -0.264. The van der Waals surface area contributed by atoms with Crippen LogP contribution in [0.4, 0.5) is 0 Å². The molecule has 4 aromatic rings. The van der Waals surface area contributed by atoms with Gasteiger partial charge in [-0.1, -0.05) is 43.3 Å². The number of nitrogens with zero attached hydrogens (tertiary/aromatic N) is 8. The molecular weight excluding hydrogens is 883 g/mol. The van der Waals surface area contributed by atoms with Gasteiger partial charge in [0.2, 0.25) is 5.91 Å². The summed E-state index contributed by atoms with van der Waals surface area (Å²) < 4.78 is 19.2. The van der Waals surface area contributed by atoms with Gasteiger partial charge < -0.3 is 40.4 Å². The van der Waals surface area contributed by atoms with Crippen LogP contribution in [0.5, 0.6) is 0 Å². The van der Waals surface area contributed by atoms with E-state index in [9.17, 15) is 44.8 Å². The van der Waals surface area contributed by atoms with E-state index in [4.69, 9.17) is 14.2 Å². The summed E-state index contributed by atoms with van der Waals surface area (Å²) in [5, 5.41) is 46.1. The summed E-state index contributed by atoms with van der Waals surface area (Å²) in [4.78, 5) is 71.8. The molecule has 4 aromatic heterocycles. The normalized spacial score (nSPS) is 15.4. The zero-order chi connectivity index (χ0) is 48.8. The fourth-order valence-corrected chi connectivity index (χ4v) is 7.78. The van der Waals surface area contributed by atoms with Gasteiger partial charge >= 0.3 is 0 Å². The SMILES string of the molecule is C=C(CC)CCOCCOCCOCCNC(=O)CCC(c1cccc(=O)n1O)N1CCN(Cc2cccc(=O)n2O)CCN(Cc2cccc(=O)n2O)CCN(Cc2cccc(=O)n2O)CC1. The quantitative estimate of drug-likeness (QED) is 0.0380. The number of carbonyl (C=O) groups excluding carboxylic acids is 1. The highest BCUT2D eigenvalue weighted by molar-refractivity contribution is 5.75. The lowest BCUT2D eigenvalue weighted by Crippen LogP contribution is -2.47. The first-order valence-electron chi connectivity index (χ1n) is 23.0. The van der Waals surface area contributed by atoms with Gasteiger partial charge in [-0.25, -0.2) is 0 Å². The second-order valence-electron chi connectivity index (χ2n) is 16.6. The molecule has 1 amide bonds. The van der Waals surface area contributed by atoms with Crippen molar-refractivity contribution in [3.05, 3.63) is 149 Å². The van der Waals surface area contributed by atoms with Crippen LogP contribution in [0.2, 0.25) is 0 Å². The summed E-state index contributed by atoms with van der Waals surface area (Å²) in [6.07, 6.45) is 1.97. The van der Waals surface area contributed by atoms with Gasteiger partial charge in [-0.2, -0.15) is 18.9 Å². The van der Waals surface area contributed by atoms with Gasteiger partial charge in [0.15, 0.2) is 0 Å². The smallest absolute Gasteiger partial charge is 0.283 e. The van der Waals surface area contributed by atoms with Crippen molar-refractivity contribution in [2.24, 2.45) is 0 Å². The molecule has 0 radical (unpaired) electrons. The first-order valence-corrected chi connectivity index (χ1v) is 23.0. The third kappa shape index (κ3) is 16.6. The van der Waals surface area contributed by atoms with Crippen molar-refractivity contribution in [3.63, 3.8) is 0 Å². The van der Waals surface area contributed by atoms with Gasteiger partial charge in [0, 0.05) is 109 Å². The van der Waals surface area contributed by atoms with E-state index >= 15 is 0 Å². The molecule has 372 valence electrons. The van der Waals surface area contributed by atoms with E-state index in [0.717, 1.165) is 18.4 Å². The molecule has 1 fully saturated rings. The third-order valence-corrected chi connectivity index (χ3v) is 11.9. The average Bonchev–Trinajstić information content (AvgIpc) is 3.32.